The number of aliphatic hydroxyl groups excluding tert-OH is 1. The SMILES string of the molecule is O=C1C[C@]2(CCSC2)C(=O)N1C[C@H](O)COCc1ccc(Cl)cc1. The molecule has 1 aromatic carbocycles. The van der Waals surface area contributed by atoms with E-state index in [1.54, 1.807) is 23.9 Å². The maximum absolute atomic E-state index is 12.5. The van der Waals surface area contributed by atoms with Gasteiger partial charge in [0.05, 0.1) is 31.3 Å². The summed E-state index contributed by atoms with van der Waals surface area (Å²) in [6.45, 7) is 0.419. The molecule has 0 aromatic heterocycles. The van der Waals surface area contributed by atoms with Crippen molar-refractivity contribution < 1.29 is 19.4 Å². The summed E-state index contributed by atoms with van der Waals surface area (Å²) in [5, 5.41) is 10.8. The van der Waals surface area contributed by atoms with Crippen molar-refractivity contribution in [2.24, 2.45) is 5.41 Å². The Bertz CT molecular complexity index is 616. The van der Waals surface area contributed by atoms with Gasteiger partial charge in [0.25, 0.3) is 0 Å². The predicted octanol–water partition coefficient (Wildman–Crippen LogP) is 2.10. The Balaban J connectivity index is 1.48. The van der Waals surface area contributed by atoms with Gasteiger partial charge in [-0.25, -0.2) is 0 Å². The first-order valence-electron chi connectivity index (χ1n) is 7.93. The zero-order valence-electron chi connectivity index (χ0n) is 13.2. The molecule has 0 unspecified atom stereocenters. The summed E-state index contributed by atoms with van der Waals surface area (Å²) in [5.74, 6) is 1.31. The second kappa shape index (κ2) is 7.44. The fourth-order valence-electron chi connectivity index (χ4n) is 3.12. The van der Waals surface area contributed by atoms with E-state index < -0.39 is 11.5 Å². The van der Waals surface area contributed by atoms with Crippen LogP contribution in [0.25, 0.3) is 0 Å². The molecule has 2 saturated heterocycles. The topological polar surface area (TPSA) is 66.8 Å². The molecule has 2 aliphatic heterocycles. The first-order chi connectivity index (χ1) is 11.5. The fraction of sp³-hybridized carbons (Fsp3) is 0.529. The van der Waals surface area contributed by atoms with Crippen LogP contribution in [0.2, 0.25) is 5.02 Å². The highest BCUT2D eigenvalue weighted by atomic mass is 35.5. The van der Waals surface area contributed by atoms with E-state index >= 15 is 0 Å². The number of likely N-dealkylation sites (tertiary alicyclic amines) is 1. The highest BCUT2D eigenvalue weighted by Gasteiger charge is 2.53. The lowest BCUT2D eigenvalue weighted by molar-refractivity contribution is -0.143. The number of carbonyl (C=O) groups is 2. The van der Waals surface area contributed by atoms with Crippen LogP contribution in [-0.4, -0.2) is 52.6 Å². The third-order valence-corrected chi connectivity index (χ3v) is 5.98. The molecule has 2 fully saturated rings. The van der Waals surface area contributed by atoms with Crippen LogP contribution in [0.4, 0.5) is 0 Å². The summed E-state index contributed by atoms with van der Waals surface area (Å²) in [4.78, 5) is 25.9. The molecule has 1 N–H and O–H groups in total. The summed E-state index contributed by atoms with van der Waals surface area (Å²) >= 11 is 7.53. The van der Waals surface area contributed by atoms with Gasteiger partial charge in [-0.3, -0.25) is 14.5 Å². The summed E-state index contributed by atoms with van der Waals surface area (Å²) < 4.78 is 5.47. The molecule has 3 rings (SSSR count). The first kappa shape index (κ1) is 17.7. The van der Waals surface area contributed by atoms with Crippen molar-refractivity contribution in [3.05, 3.63) is 34.9 Å². The predicted molar refractivity (Wildman–Crippen MR) is 92.8 cm³/mol. The molecule has 2 atom stereocenters. The Kier molecular flexibility index (Phi) is 5.49. The van der Waals surface area contributed by atoms with Gasteiger partial charge in [0, 0.05) is 17.2 Å². The minimum absolute atomic E-state index is 0.00466. The molecule has 7 heteroatoms. The lowest BCUT2D eigenvalue weighted by atomic mass is 9.86. The smallest absolute Gasteiger partial charge is 0.236 e. The molecule has 24 heavy (non-hydrogen) atoms. The molecule has 130 valence electrons. The molecule has 2 heterocycles. The summed E-state index contributed by atoms with van der Waals surface area (Å²) in [7, 11) is 0. The molecule has 2 aliphatic rings. The Morgan fingerprint density at radius 3 is 2.75 bits per heavy atom. The van der Waals surface area contributed by atoms with E-state index in [9.17, 15) is 14.7 Å². The van der Waals surface area contributed by atoms with E-state index in [2.05, 4.69) is 0 Å². The largest absolute Gasteiger partial charge is 0.389 e. The van der Waals surface area contributed by atoms with Gasteiger partial charge in [0.2, 0.25) is 11.8 Å². The van der Waals surface area contributed by atoms with E-state index in [0.29, 0.717) is 17.4 Å². The van der Waals surface area contributed by atoms with E-state index in [-0.39, 0.29) is 31.4 Å². The van der Waals surface area contributed by atoms with Gasteiger partial charge in [-0.2, -0.15) is 11.8 Å². The number of nitrogens with zero attached hydrogens (tertiary/aromatic N) is 1. The van der Waals surface area contributed by atoms with Crippen molar-refractivity contribution in [1.82, 2.24) is 4.90 Å². The zero-order chi connectivity index (χ0) is 17.2. The highest BCUT2D eigenvalue weighted by Crippen LogP contribution is 2.44. The number of aliphatic hydroxyl groups is 1. The van der Waals surface area contributed by atoms with Crippen LogP contribution in [0.3, 0.4) is 0 Å². The lowest BCUT2D eigenvalue weighted by Gasteiger charge is -2.22. The van der Waals surface area contributed by atoms with Crippen LogP contribution in [0.15, 0.2) is 24.3 Å². The number of β-amino-alcohol motifs (C(OH)–C–C–N with tert-alkyl or cyclic N) is 1. The van der Waals surface area contributed by atoms with Crippen LogP contribution in [-0.2, 0) is 20.9 Å². The second-order valence-electron chi connectivity index (χ2n) is 6.36. The first-order valence-corrected chi connectivity index (χ1v) is 9.46. The number of amides is 2. The number of halogens is 1. The van der Waals surface area contributed by atoms with Crippen molar-refractivity contribution in [1.29, 1.82) is 0 Å². The summed E-state index contributed by atoms with van der Waals surface area (Å²) in [6, 6.07) is 7.25. The van der Waals surface area contributed by atoms with Crippen LogP contribution in [0.1, 0.15) is 18.4 Å². The highest BCUT2D eigenvalue weighted by molar-refractivity contribution is 7.99. The third-order valence-electron chi connectivity index (χ3n) is 4.48. The molecular weight excluding hydrogens is 350 g/mol. The third kappa shape index (κ3) is 3.77. The van der Waals surface area contributed by atoms with Crippen molar-refractivity contribution in [3.63, 3.8) is 0 Å². The standard InChI is InChI=1S/C17H20ClNO4S/c18-13-3-1-12(2-4-13)9-23-10-14(20)8-19-15(21)7-17(16(19)22)5-6-24-11-17/h1-4,14,20H,5-11H2/t14-,17-/m0/s1. The Hall–Kier alpha value is -1.08. The number of imide groups is 1. The summed E-state index contributed by atoms with van der Waals surface area (Å²) in [5.41, 5.74) is 0.424. The molecule has 1 spiro atoms. The summed E-state index contributed by atoms with van der Waals surface area (Å²) in [6.07, 6.45) is 0.147. The minimum Gasteiger partial charge on any atom is -0.389 e. The molecule has 0 aliphatic carbocycles. The van der Waals surface area contributed by atoms with Crippen LogP contribution in [0.5, 0.6) is 0 Å². The molecule has 1 aromatic rings. The monoisotopic (exact) mass is 369 g/mol. The second-order valence-corrected chi connectivity index (χ2v) is 7.91. The minimum atomic E-state index is -0.880. The molecule has 0 saturated carbocycles. The molecule has 5 nitrogen and oxygen atoms in total. The quantitative estimate of drug-likeness (QED) is 0.778. The van der Waals surface area contributed by atoms with Crippen molar-refractivity contribution in [2.75, 3.05) is 24.7 Å². The maximum Gasteiger partial charge on any atom is 0.236 e. The fourth-order valence-corrected chi connectivity index (χ4v) is 4.68. The number of hydrogen-bond acceptors (Lipinski definition) is 5. The van der Waals surface area contributed by atoms with Crippen molar-refractivity contribution in [3.8, 4) is 0 Å². The van der Waals surface area contributed by atoms with Crippen molar-refractivity contribution >= 4 is 35.2 Å². The number of rotatable bonds is 6. The Labute approximate surface area is 150 Å². The van der Waals surface area contributed by atoms with Gasteiger partial charge in [0.15, 0.2) is 0 Å². The number of benzene rings is 1. The zero-order valence-corrected chi connectivity index (χ0v) is 14.8. The van der Waals surface area contributed by atoms with Crippen molar-refractivity contribution in [2.45, 2.75) is 25.6 Å². The molecule has 2 amide bonds. The van der Waals surface area contributed by atoms with Gasteiger partial charge in [0.1, 0.15) is 0 Å². The normalized spacial score (nSPS) is 25.0. The molecule has 0 radical (unpaired) electrons. The Morgan fingerprint density at radius 2 is 2.08 bits per heavy atom. The lowest BCUT2D eigenvalue weighted by Crippen LogP contribution is -2.41. The van der Waals surface area contributed by atoms with Gasteiger partial charge < -0.3 is 9.84 Å². The molecular formula is C17H20ClNO4S. The van der Waals surface area contributed by atoms with Crippen LogP contribution >= 0.6 is 23.4 Å². The average molecular weight is 370 g/mol. The Morgan fingerprint density at radius 1 is 1.33 bits per heavy atom. The van der Waals surface area contributed by atoms with E-state index in [1.807, 2.05) is 12.1 Å². The maximum atomic E-state index is 12.5. The van der Waals surface area contributed by atoms with Gasteiger partial charge in [-0.1, -0.05) is 23.7 Å². The van der Waals surface area contributed by atoms with Crippen LogP contribution in [0, 0.1) is 5.41 Å². The van der Waals surface area contributed by atoms with Gasteiger partial charge in [-0.05, 0) is 29.9 Å². The van der Waals surface area contributed by atoms with Gasteiger partial charge >= 0.3 is 0 Å². The van der Waals surface area contributed by atoms with E-state index in [4.69, 9.17) is 16.3 Å². The van der Waals surface area contributed by atoms with E-state index in [0.717, 1.165) is 17.7 Å². The van der Waals surface area contributed by atoms with Gasteiger partial charge in [-0.15, -0.1) is 0 Å². The van der Waals surface area contributed by atoms with E-state index in [1.165, 1.54) is 4.90 Å². The number of ether oxygens (including phenoxy) is 1. The number of thioether (sulfide) groups is 1. The number of hydrogen-bond donors (Lipinski definition) is 1. The van der Waals surface area contributed by atoms with Crippen LogP contribution < -0.4 is 0 Å². The number of carbonyl (C=O) groups excluding carboxylic acids is 2. The average Bonchev–Trinajstić information content (AvgIpc) is 3.11. The molecule has 0 bridgehead atoms.